The normalized spacial score (nSPS) is 28.4. The molecule has 4 atom stereocenters. The zero-order chi connectivity index (χ0) is 25.6. The van der Waals surface area contributed by atoms with E-state index in [0.717, 1.165) is 19.3 Å². The van der Waals surface area contributed by atoms with Gasteiger partial charge in [-0.3, -0.25) is 24.6 Å². The van der Waals surface area contributed by atoms with Gasteiger partial charge < -0.3 is 20.1 Å². The molecule has 4 unspecified atom stereocenters. The van der Waals surface area contributed by atoms with Gasteiger partial charge in [0.2, 0.25) is 11.8 Å². The molecule has 2 amide bonds. The molecule has 0 radical (unpaired) electrons. The molecule has 0 aromatic heterocycles. The van der Waals surface area contributed by atoms with Crippen LogP contribution in [0.4, 0.5) is 0 Å². The number of carboxylic acids is 1. The van der Waals surface area contributed by atoms with Crippen LogP contribution in [0, 0.1) is 11.8 Å². The largest absolute Gasteiger partial charge is 0.508 e. The lowest BCUT2D eigenvalue weighted by Crippen LogP contribution is -2.58. The Kier molecular flexibility index (Phi) is 6.12. The van der Waals surface area contributed by atoms with Crippen LogP contribution in [-0.4, -0.2) is 56.7 Å². The van der Waals surface area contributed by atoms with E-state index in [1.807, 2.05) is 0 Å². The smallest absolute Gasteiger partial charge is 0.325 e. The first-order valence-corrected chi connectivity index (χ1v) is 12.3. The third-order valence-corrected chi connectivity index (χ3v) is 8.01. The van der Waals surface area contributed by atoms with Gasteiger partial charge in [-0.1, -0.05) is 43.5 Å². The van der Waals surface area contributed by atoms with Crippen molar-refractivity contribution in [3.05, 3.63) is 53.6 Å². The first-order valence-electron chi connectivity index (χ1n) is 12.3. The number of hydrogen-bond acceptors (Lipinski definition) is 7. The Morgan fingerprint density at radius 1 is 1.06 bits per heavy atom. The monoisotopic (exact) mass is 494 g/mol. The van der Waals surface area contributed by atoms with Crippen molar-refractivity contribution in [2.75, 3.05) is 7.11 Å². The minimum absolute atomic E-state index is 0.0372. The number of hydrogen-bond donors (Lipinski definition) is 4. The highest BCUT2D eigenvalue weighted by Gasteiger charge is 2.69. The molecule has 2 aromatic carbocycles. The second kappa shape index (κ2) is 9.13. The molecule has 3 fully saturated rings. The first-order chi connectivity index (χ1) is 17.3. The number of nitrogens with zero attached hydrogens (tertiary/aromatic N) is 1. The second-order valence-electron chi connectivity index (χ2n) is 9.98. The number of benzene rings is 2. The minimum atomic E-state index is -1.79. The number of amides is 2. The van der Waals surface area contributed by atoms with Crippen LogP contribution in [0.1, 0.15) is 49.3 Å². The number of aliphatic carboxylic acids is 1. The Morgan fingerprint density at radius 2 is 1.75 bits per heavy atom. The lowest BCUT2D eigenvalue weighted by molar-refractivity contribution is -0.152. The topological polar surface area (TPSA) is 136 Å². The van der Waals surface area contributed by atoms with Crippen LogP contribution >= 0.6 is 0 Å². The van der Waals surface area contributed by atoms with E-state index in [1.54, 1.807) is 30.3 Å². The van der Waals surface area contributed by atoms with Crippen LogP contribution in [0.2, 0.25) is 0 Å². The van der Waals surface area contributed by atoms with E-state index in [2.05, 4.69) is 5.32 Å². The fraction of sp³-hybridized carbons (Fsp3) is 0.444. The number of rotatable bonds is 6. The molecule has 3 aliphatic rings. The molecule has 36 heavy (non-hydrogen) atoms. The number of phenols is 2. The van der Waals surface area contributed by atoms with Crippen molar-refractivity contribution in [2.45, 2.75) is 56.1 Å². The van der Waals surface area contributed by atoms with Gasteiger partial charge in [0, 0.05) is 24.1 Å². The van der Waals surface area contributed by atoms with E-state index < -0.39 is 41.2 Å². The molecule has 2 aromatic rings. The van der Waals surface area contributed by atoms with Crippen LogP contribution in [-0.2, 0) is 20.8 Å². The number of likely N-dealkylation sites (tertiary alicyclic amines) is 1. The number of imide groups is 1. The summed E-state index contributed by atoms with van der Waals surface area (Å²) in [5.74, 6) is -4.24. The molecule has 9 nitrogen and oxygen atoms in total. The molecule has 2 aliphatic heterocycles. The number of para-hydroxylation sites is 1. The number of carbonyl (C=O) groups excluding carboxylic acids is 2. The van der Waals surface area contributed by atoms with Gasteiger partial charge in [-0.25, -0.2) is 0 Å². The number of methoxy groups -OCH3 is 1. The molecule has 1 aliphatic carbocycles. The Hall–Kier alpha value is -3.59. The number of carboxylic acid groups (broad SMARTS) is 1. The highest BCUT2D eigenvalue weighted by atomic mass is 16.5. The SMILES string of the molecule is COc1cccc(C2NC(Cc3ccc(O)cc3)(C(=O)O)C3C(=O)N(C4CCCCC4)C(=O)C23)c1O. The fourth-order valence-electron chi connectivity index (χ4n) is 6.32. The average Bonchev–Trinajstić information content (AvgIpc) is 3.35. The quantitative estimate of drug-likeness (QED) is 0.450. The molecule has 2 saturated heterocycles. The summed E-state index contributed by atoms with van der Waals surface area (Å²) in [6.07, 6.45) is 4.19. The van der Waals surface area contributed by atoms with Crippen molar-refractivity contribution >= 4 is 17.8 Å². The van der Waals surface area contributed by atoms with Gasteiger partial charge in [0.1, 0.15) is 11.3 Å². The maximum atomic E-state index is 13.9. The number of carbonyl (C=O) groups is 3. The molecule has 190 valence electrons. The van der Waals surface area contributed by atoms with Crippen LogP contribution in [0.5, 0.6) is 17.2 Å². The van der Waals surface area contributed by atoms with Crippen LogP contribution in [0.3, 0.4) is 0 Å². The summed E-state index contributed by atoms with van der Waals surface area (Å²) in [5.41, 5.74) is -0.893. The predicted molar refractivity (Wildman–Crippen MR) is 128 cm³/mol. The molecule has 9 heteroatoms. The van der Waals surface area contributed by atoms with E-state index in [9.17, 15) is 29.7 Å². The Balaban J connectivity index is 1.64. The summed E-state index contributed by atoms with van der Waals surface area (Å²) < 4.78 is 5.25. The van der Waals surface area contributed by atoms with E-state index in [-0.39, 0.29) is 29.7 Å². The lowest BCUT2D eigenvalue weighted by atomic mass is 9.76. The summed E-state index contributed by atoms with van der Waals surface area (Å²) in [5, 5.41) is 34.3. The summed E-state index contributed by atoms with van der Waals surface area (Å²) >= 11 is 0. The number of phenolic OH excluding ortho intramolecular Hbond substituents is 2. The van der Waals surface area contributed by atoms with Crippen LogP contribution in [0.15, 0.2) is 42.5 Å². The molecule has 0 bridgehead atoms. The number of nitrogens with one attached hydrogen (secondary N) is 1. The third-order valence-electron chi connectivity index (χ3n) is 8.01. The molecule has 2 heterocycles. The van der Waals surface area contributed by atoms with Gasteiger partial charge in [0.25, 0.3) is 0 Å². The summed E-state index contributed by atoms with van der Waals surface area (Å²) in [4.78, 5) is 42.1. The van der Waals surface area contributed by atoms with Crippen molar-refractivity contribution in [3.63, 3.8) is 0 Å². The second-order valence-corrected chi connectivity index (χ2v) is 9.98. The van der Waals surface area contributed by atoms with Crippen molar-refractivity contribution in [1.82, 2.24) is 10.2 Å². The van der Waals surface area contributed by atoms with Gasteiger partial charge in [0.05, 0.1) is 18.9 Å². The summed E-state index contributed by atoms with van der Waals surface area (Å²) in [7, 11) is 1.41. The third kappa shape index (κ3) is 3.69. The van der Waals surface area contributed by atoms with Crippen molar-refractivity contribution in [3.8, 4) is 17.2 Å². The maximum Gasteiger partial charge on any atom is 0.325 e. The zero-order valence-electron chi connectivity index (χ0n) is 20.0. The summed E-state index contributed by atoms with van der Waals surface area (Å²) in [6.45, 7) is 0. The Morgan fingerprint density at radius 3 is 2.39 bits per heavy atom. The minimum Gasteiger partial charge on any atom is -0.508 e. The van der Waals surface area contributed by atoms with E-state index in [4.69, 9.17) is 4.74 Å². The zero-order valence-corrected chi connectivity index (χ0v) is 20.0. The number of aromatic hydroxyl groups is 2. The Labute approximate surface area is 208 Å². The summed E-state index contributed by atoms with van der Waals surface area (Å²) in [6, 6.07) is 9.81. The maximum absolute atomic E-state index is 13.9. The van der Waals surface area contributed by atoms with Crippen molar-refractivity contribution in [1.29, 1.82) is 0 Å². The standard InChI is InChI=1S/C27H30N2O7/c1-36-19-9-5-8-18(23(19)31)22-20-21(25(33)29(24(20)32)16-6-3-2-4-7-16)27(28-22,26(34)35)14-15-10-12-17(30)13-11-15/h5,8-13,16,20-22,28,30-31H,2-4,6-7,14H2,1H3,(H,34,35). The van der Waals surface area contributed by atoms with Gasteiger partial charge >= 0.3 is 5.97 Å². The molecule has 4 N–H and O–H groups in total. The van der Waals surface area contributed by atoms with Gasteiger partial charge in [-0.2, -0.15) is 0 Å². The number of fused-ring (bicyclic) bond motifs is 1. The molecule has 0 spiro atoms. The highest BCUT2D eigenvalue weighted by Crippen LogP contribution is 2.53. The van der Waals surface area contributed by atoms with E-state index in [0.29, 0.717) is 24.0 Å². The van der Waals surface area contributed by atoms with E-state index >= 15 is 0 Å². The number of ether oxygens (including phenoxy) is 1. The van der Waals surface area contributed by atoms with Crippen molar-refractivity contribution < 1.29 is 34.4 Å². The van der Waals surface area contributed by atoms with Gasteiger partial charge in [-0.15, -0.1) is 0 Å². The first kappa shape index (κ1) is 24.1. The molecular weight excluding hydrogens is 464 g/mol. The van der Waals surface area contributed by atoms with E-state index in [1.165, 1.54) is 24.1 Å². The highest BCUT2D eigenvalue weighted by molar-refractivity contribution is 6.10. The Bertz CT molecular complexity index is 1190. The molecule has 5 rings (SSSR count). The van der Waals surface area contributed by atoms with Gasteiger partial charge in [-0.05, 0) is 36.6 Å². The van der Waals surface area contributed by atoms with Gasteiger partial charge in [0.15, 0.2) is 11.5 Å². The predicted octanol–water partition coefficient (Wildman–Crippen LogP) is 2.75. The van der Waals surface area contributed by atoms with Crippen molar-refractivity contribution in [2.24, 2.45) is 11.8 Å². The fourth-order valence-corrected chi connectivity index (χ4v) is 6.32. The van der Waals surface area contributed by atoms with Crippen LogP contribution in [0.25, 0.3) is 0 Å². The molecular formula is C27H30N2O7. The molecule has 1 saturated carbocycles. The lowest BCUT2D eigenvalue weighted by Gasteiger charge is -2.34. The van der Waals surface area contributed by atoms with Crippen LogP contribution < -0.4 is 10.1 Å². The average molecular weight is 495 g/mol.